The van der Waals surface area contributed by atoms with Crippen LogP contribution in [-0.2, 0) is 11.3 Å². The smallest absolute Gasteiger partial charge is 0.328 e. The molecule has 19 heavy (non-hydrogen) atoms. The van der Waals surface area contributed by atoms with E-state index in [1.54, 1.807) is 17.3 Å². The highest BCUT2D eigenvalue weighted by atomic mass is 16.4. The number of amides is 2. The lowest BCUT2D eigenvalue weighted by Gasteiger charge is -2.27. The second-order valence-corrected chi connectivity index (χ2v) is 4.73. The number of aromatic nitrogens is 1. The minimum absolute atomic E-state index is 0.397. The Morgan fingerprint density at radius 3 is 2.42 bits per heavy atom. The van der Waals surface area contributed by atoms with Gasteiger partial charge in [0.2, 0.25) is 0 Å². The molecule has 0 aliphatic carbocycles. The largest absolute Gasteiger partial charge is 0.480 e. The molecule has 0 spiro atoms. The minimum Gasteiger partial charge on any atom is -0.480 e. The van der Waals surface area contributed by atoms with Gasteiger partial charge in [0, 0.05) is 25.5 Å². The zero-order valence-electron chi connectivity index (χ0n) is 11.4. The molecule has 0 bridgehead atoms. The number of nitrogens with one attached hydrogen (secondary N) is 1. The average Bonchev–Trinajstić information content (AvgIpc) is 2.36. The highest BCUT2D eigenvalue weighted by Gasteiger charge is 2.30. The third-order valence-corrected chi connectivity index (χ3v) is 2.75. The first-order valence-electron chi connectivity index (χ1n) is 6.06. The van der Waals surface area contributed by atoms with Crippen molar-refractivity contribution in [2.75, 3.05) is 6.54 Å². The highest BCUT2D eigenvalue weighted by molar-refractivity contribution is 5.85. The third kappa shape index (κ3) is 4.24. The molecule has 1 heterocycles. The lowest BCUT2D eigenvalue weighted by atomic mass is 10.1. The van der Waals surface area contributed by atoms with Gasteiger partial charge in [-0.05, 0) is 38.5 Å². The molecule has 2 amide bonds. The van der Waals surface area contributed by atoms with Gasteiger partial charge in [0.05, 0.1) is 0 Å². The molecule has 1 aromatic rings. The van der Waals surface area contributed by atoms with Crippen LogP contribution >= 0.6 is 0 Å². The molecule has 0 saturated heterocycles. The standard InChI is InChI=1S/C13H19N3O3/c1-4-16(9-10-5-7-14-8-6-10)12(19)15-13(2,3)11(17)18/h5-8H,4,9H2,1-3H3,(H,15,19)(H,17,18). The molecule has 1 rings (SSSR count). The SMILES string of the molecule is CCN(Cc1ccncc1)C(=O)NC(C)(C)C(=O)O. The van der Waals surface area contributed by atoms with Crippen molar-refractivity contribution in [1.82, 2.24) is 15.2 Å². The van der Waals surface area contributed by atoms with Gasteiger partial charge in [0.25, 0.3) is 0 Å². The van der Waals surface area contributed by atoms with Crippen LogP contribution < -0.4 is 5.32 Å². The minimum atomic E-state index is -1.29. The van der Waals surface area contributed by atoms with Crippen molar-refractivity contribution in [3.05, 3.63) is 30.1 Å². The number of carbonyl (C=O) groups is 2. The molecule has 0 radical (unpaired) electrons. The monoisotopic (exact) mass is 265 g/mol. The average molecular weight is 265 g/mol. The van der Waals surface area contributed by atoms with Gasteiger partial charge in [-0.25, -0.2) is 9.59 Å². The molecule has 1 aromatic heterocycles. The maximum Gasteiger partial charge on any atom is 0.328 e. The second kappa shape index (κ2) is 6.17. The van der Waals surface area contributed by atoms with Gasteiger partial charge in [-0.2, -0.15) is 0 Å². The van der Waals surface area contributed by atoms with Crippen LogP contribution in [0.15, 0.2) is 24.5 Å². The Balaban J connectivity index is 2.70. The quantitative estimate of drug-likeness (QED) is 0.844. The van der Waals surface area contributed by atoms with E-state index in [0.29, 0.717) is 13.1 Å². The van der Waals surface area contributed by atoms with Gasteiger partial charge in [0.15, 0.2) is 0 Å². The summed E-state index contributed by atoms with van der Waals surface area (Å²) in [7, 11) is 0. The van der Waals surface area contributed by atoms with Gasteiger partial charge in [-0.3, -0.25) is 4.98 Å². The Labute approximate surface area is 112 Å². The fraction of sp³-hybridized carbons (Fsp3) is 0.462. The molecule has 0 aliphatic heterocycles. The van der Waals surface area contributed by atoms with Crippen molar-refractivity contribution < 1.29 is 14.7 Å². The third-order valence-electron chi connectivity index (χ3n) is 2.75. The maximum atomic E-state index is 12.0. The number of hydrogen-bond acceptors (Lipinski definition) is 3. The highest BCUT2D eigenvalue weighted by Crippen LogP contribution is 2.07. The van der Waals surface area contributed by atoms with Crippen molar-refractivity contribution in [2.45, 2.75) is 32.9 Å². The zero-order valence-corrected chi connectivity index (χ0v) is 11.4. The van der Waals surface area contributed by atoms with Crippen molar-refractivity contribution in [3.63, 3.8) is 0 Å². The van der Waals surface area contributed by atoms with Gasteiger partial charge in [-0.15, -0.1) is 0 Å². The number of pyridine rings is 1. The summed E-state index contributed by atoms with van der Waals surface area (Å²) in [4.78, 5) is 28.5. The number of rotatable bonds is 5. The van der Waals surface area contributed by atoms with E-state index in [0.717, 1.165) is 5.56 Å². The van der Waals surface area contributed by atoms with E-state index < -0.39 is 17.5 Å². The maximum absolute atomic E-state index is 12.0. The molecule has 0 aliphatic rings. The van der Waals surface area contributed by atoms with Gasteiger partial charge >= 0.3 is 12.0 Å². The van der Waals surface area contributed by atoms with Crippen LogP contribution in [0.2, 0.25) is 0 Å². The first-order valence-corrected chi connectivity index (χ1v) is 6.06. The van der Waals surface area contributed by atoms with E-state index in [1.165, 1.54) is 13.8 Å². The predicted octanol–water partition coefficient (Wildman–Crippen LogP) is 1.48. The molecule has 0 fully saturated rings. The van der Waals surface area contributed by atoms with Crippen molar-refractivity contribution in [3.8, 4) is 0 Å². The fourth-order valence-corrected chi connectivity index (χ4v) is 1.44. The number of carboxylic acids is 1. The summed E-state index contributed by atoms with van der Waals surface area (Å²) in [6.07, 6.45) is 3.31. The van der Waals surface area contributed by atoms with Crippen LogP contribution in [0.25, 0.3) is 0 Å². The van der Waals surface area contributed by atoms with Gasteiger partial charge in [0.1, 0.15) is 5.54 Å². The number of aliphatic carboxylic acids is 1. The molecule has 0 saturated carbocycles. The topological polar surface area (TPSA) is 82.5 Å². The summed E-state index contributed by atoms with van der Waals surface area (Å²) in [6.45, 7) is 5.65. The van der Waals surface area contributed by atoms with Crippen LogP contribution in [0.3, 0.4) is 0 Å². The van der Waals surface area contributed by atoms with E-state index in [2.05, 4.69) is 10.3 Å². The predicted molar refractivity (Wildman–Crippen MR) is 70.6 cm³/mol. The summed E-state index contributed by atoms with van der Waals surface area (Å²) in [5.41, 5.74) is -0.344. The molecule has 104 valence electrons. The Kier molecular flexibility index (Phi) is 4.86. The lowest BCUT2D eigenvalue weighted by molar-refractivity contribution is -0.143. The first-order chi connectivity index (χ1) is 8.86. The van der Waals surface area contributed by atoms with Crippen LogP contribution in [0.5, 0.6) is 0 Å². The van der Waals surface area contributed by atoms with Crippen molar-refractivity contribution >= 4 is 12.0 Å². The van der Waals surface area contributed by atoms with Crippen LogP contribution in [0.4, 0.5) is 4.79 Å². The summed E-state index contributed by atoms with van der Waals surface area (Å²) < 4.78 is 0. The van der Waals surface area contributed by atoms with Gasteiger partial charge < -0.3 is 15.3 Å². The van der Waals surface area contributed by atoms with Gasteiger partial charge in [-0.1, -0.05) is 0 Å². The summed E-state index contributed by atoms with van der Waals surface area (Å²) >= 11 is 0. The second-order valence-electron chi connectivity index (χ2n) is 4.73. The molecular formula is C13H19N3O3. The number of carbonyl (C=O) groups excluding carboxylic acids is 1. The lowest BCUT2D eigenvalue weighted by Crippen LogP contribution is -2.54. The molecule has 6 nitrogen and oxygen atoms in total. The zero-order chi connectivity index (χ0) is 14.5. The van der Waals surface area contributed by atoms with E-state index in [9.17, 15) is 9.59 Å². The number of hydrogen-bond donors (Lipinski definition) is 2. The molecule has 0 atom stereocenters. The number of nitrogens with zero attached hydrogens (tertiary/aromatic N) is 2. The van der Waals surface area contributed by atoms with E-state index >= 15 is 0 Å². The van der Waals surface area contributed by atoms with Crippen LogP contribution in [-0.4, -0.2) is 39.1 Å². The van der Waals surface area contributed by atoms with E-state index in [-0.39, 0.29) is 0 Å². The van der Waals surface area contributed by atoms with Crippen molar-refractivity contribution in [1.29, 1.82) is 0 Å². The Morgan fingerprint density at radius 1 is 1.37 bits per heavy atom. The first kappa shape index (κ1) is 14.9. The Bertz CT molecular complexity index is 446. The molecular weight excluding hydrogens is 246 g/mol. The normalized spacial score (nSPS) is 10.9. The van der Waals surface area contributed by atoms with E-state index in [1.807, 2.05) is 19.1 Å². The Morgan fingerprint density at radius 2 is 1.95 bits per heavy atom. The number of carboxylic acid groups (broad SMARTS) is 1. The summed E-state index contributed by atoms with van der Waals surface area (Å²) in [6, 6.07) is 3.24. The van der Waals surface area contributed by atoms with Crippen LogP contribution in [0.1, 0.15) is 26.3 Å². The summed E-state index contributed by atoms with van der Waals surface area (Å²) in [5.74, 6) is -1.07. The van der Waals surface area contributed by atoms with E-state index in [4.69, 9.17) is 5.11 Å². The fourth-order valence-electron chi connectivity index (χ4n) is 1.44. The molecule has 2 N–H and O–H groups in total. The molecule has 0 unspecified atom stereocenters. The summed E-state index contributed by atoms with van der Waals surface area (Å²) in [5, 5.41) is 11.5. The van der Waals surface area contributed by atoms with Crippen molar-refractivity contribution in [2.24, 2.45) is 0 Å². The Hall–Kier alpha value is -2.11. The molecule has 6 heteroatoms. The number of urea groups is 1. The molecule has 0 aromatic carbocycles. The van der Waals surface area contributed by atoms with Crippen LogP contribution in [0, 0.1) is 0 Å².